The average molecular weight is 358 g/mol. The lowest BCUT2D eigenvalue weighted by Gasteiger charge is -2.09. The number of ketones is 1. The maximum absolute atomic E-state index is 11.8. The van der Waals surface area contributed by atoms with E-state index in [4.69, 9.17) is 4.74 Å². The van der Waals surface area contributed by atoms with Crippen molar-refractivity contribution in [2.75, 3.05) is 0 Å². The second-order valence-corrected chi connectivity index (χ2v) is 6.40. The van der Waals surface area contributed by atoms with Crippen LogP contribution >= 0.6 is 0 Å². The van der Waals surface area contributed by atoms with Crippen molar-refractivity contribution in [1.82, 2.24) is 19.7 Å². The standard InChI is InChI=1S/C21H18N4O2/c1-13-8-9-16(10-14(13)2)25-20-18(11-24-25)21(23-12-22-20)27-19-7-5-4-6-17(19)15(3)26/h4-12H,1-3H3. The van der Waals surface area contributed by atoms with Gasteiger partial charge in [0.2, 0.25) is 5.88 Å². The van der Waals surface area contributed by atoms with Crippen LogP contribution in [0.1, 0.15) is 28.4 Å². The Morgan fingerprint density at radius 3 is 2.63 bits per heavy atom. The maximum Gasteiger partial charge on any atom is 0.233 e. The molecule has 0 unspecified atom stereocenters. The predicted molar refractivity (Wildman–Crippen MR) is 103 cm³/mol. The Morgan fingerprint density at radius 2 is 1.85 bits per heavy atom. The molecule has 27 heavy (non-hydrogen) atoms. The zero-order chi connectivity index (χ0) is 19.0. The van der Waals surface area contributed by atoms with E-state index in [0.717, 1.165) is 5.69 Å². The number of carbonyl (C=O) groups is 1. The van der Waals surface area contributed by atoms with E-state index in [1.54, 1.807) is 29.1 Å². The van der Waals surface area contributed by atoms with Crippen LogP contribution in [0.2, 0.25) is 0 Å². The van der Waals surface area contributed by atoms with Gasteiger partial charge in [-0.2, -0.15) is 5.10 Å². The van der Waals surface area contributed by atoms with Gasteiger partial charge >= 0.3 is 0 Å². The van der Waals surface area contributed by atoms with Crippen LogP contribution in [-0.2, 0) is 0 Å². The number of carbonyl (C=O) groups excluding carboxylic acids is 1. The quantitative estimate of drug-likeness (QED) is 0.505. The predicted octanol–water partition coefficient (Wildman–Crippen LogP) is 4.43. The fraction of sp³-hybridized carbons (Fsp3) is 0.143. The first-order valence-corrected chi connectivity index (χ1v) is 8.59. The molecule has 2 heterocycles. The average Bonchev–Trinajstić information content (AvgIpc) is 3.09. The van der Waals surface area contributed by atoms with E-state index in [2.05, 4.69) is 41.0 Å². The van der Waals surface area contributed by atoms with Gasteiger partial charge in [-0.05, 0) is 56.2 Å². The summed E-state index contributed by atoms with van der Waals surface area (Å²) in [5.74, 6) is 0.759. The van der Waals surface area contributed by atoms with Crippen molar-refractivity contribution in [3.8, 4) is 17.3 Å². The number of para-hydroxylation sites is 1. The van der Waals surface area contributed by atoms with Gasteiger partial charge in [0.1, 0.15) is 17.5 Å². The van der Waals surface area contributed by atoms with Crippen molar-refractivity contribution in [3.63, 3.8) is 0 Å². The highest BCUT2D eigenvalue weighted by molar-refractivity contribution is 5.97. The fourth-order valence-corrected chi connectivity index (χ4v) is 2.90. The molecule has 0 saturated carbocycles. The molecule has 6 heteroatoms. The van der Waals surface area contributed by atoms with Crippen molar-refractivity contribution >= 4 is 16.8 Å². The third kappa shape index (κ3) is 3.06. The first kappa shape index (κ1) is 16.9. The molecule has 0 aliphatic heterocycles. The van der Waals surface area contributed by atoms with Crippen LogP contribution in [0, 0.1) is 13.8 Å². The van der Waals surface area contributed by atoms with Gasteiger partial charge in [0.05, 0.1) is 17.4 Å². The Kier molecular flexibility index (Phi) is 4.16. The minimum Gasteiger partial charge on any atom is -0.437 e. The van der Waals surface area contributed by atoms with E-state index in [1.807, 2.05) is 12.1 Å². The van der Waals surface area contributed by atoms with E-state index in [-0.39, 0.29) is 5.78 Å². The molecule has 0 saturated heterocycles. The van der Waals surface area contributed by atoms with Crippen molar-refractivity contribution < 1.29 is 9.53 Å². The number of rotatable bonds is 4. The molecule has 4 aromatic rings. The van der Waals surface area contributed by atoms with Gasteiger partial charge in [0, 0.05) is 0 Å². The van der Waals surface area contributed by atoms with Crippen LogP contribution in [-0.4, -0.2) is 25.5 Å². The van der Waals surface area contributed by atoms with Crippen molar-refractivity contribution in [2.45, 2.75) is 20.8 Å². The number of hydrogen-bond donors (Lipinski definition) is 0. The summed E-state index contributed by atoms with van der Waals surface area (Å²) < 4.78 is 7.71. The summed E-state index contributed by atoms with van der Waals surface area (Å²) in [6.45, 7) is 5.64. The maximum atomic E-state index is 11.8. The number of benzene rings is 2. The van der Waals surface area contributed by atoms with E-state index in [9.17, 15) is 4.79 Å². The van der Waals surface area contributed by atoms with Crippen LogP contribution in [0.25, 0.3) is 16.7 Å². The Balaban J connectivity index is 1.80. The van der Waals surface area contributed by atoms with Gasteiger partial charge in [0.25, 0.3) is 0 Å². The number of Topliss-reactive ketones (excluding diaryl/α,β-unsaturated/α-hetero) is 1. The first-order chi connectivity index (χ1) is 13.0. The molecular weight excluding hydrogens is 340 g/mol. The molecule has 0 fully saturated rings. The smallest absolute Gasteiger partial charge is 0.233 e. The van der Waals surface area contributed by atoms with E-state index in [1.165, 1.54) is 24.4 Å². The van der Waals surface area contributed by atoms with Crippen molar-refractivity contribution in [3.05, 3.63) is 71.7 Å². The Labute approximate surface area is 156 Å². The highest BCUT2D eigenvalue weighted by atomic mass is 16.5. The lowest BCUT2D eigenvalue weighted by atomic mass is 10.1. The molecular formula is C21H18N4O2. The summed E-state index contributed by atoms with van der Waals surface area (Å²) in [7, 11) is 0. The topological polar surface area (TPSA) is 69.9 Å². The highest BCUT2D eigenvalue weighted by Crippen LogP contribution is 2.30. The number of aryl methyl sites for hydroxylation is 2. The third-order valence-corrected chi connectivity index (χ3v) is 4.54. The number of fused-ring (bicyclic) bond motifs is 1. The highest BCUT2D eigenvalue weighted by Gasteiger charge is 2.15. The fourth-order valence-electron chi connectivity index (χ4n) is 2.90. The normalized spacial score (nSPS) is 10.9. The number of ether oxygens (including phenoxy) is 1. The molecule has 6 nitrogen and oxygen atoms in total. The molecule has 4 rings (SSSR count). The van der Waals surface area contributed by atoms with E-state index in [0.29, 0.717) is 28.2 Å². The molecule has 0 bridgehead atoms. The molecule has 2 aromatic carbocycles. The van der Waals surface area contributed by atoms with E-state index >= 15 is 0 Å². The first-order valence-electron chi connectivity index (χ1n) is 8.59. The zero-order valence-corrected chi connectivity index (χ0v) is 15.3. The monoisotopic (exact) mass is 358 g/mol. The van der Waals surface area contributed by atoms with Gasteiger partial charge in [-0.1, -0.05) is 18.2 Å². The molecule has 0 amide bonds. The molecule has 0 radical (unpaired) electrons. The summed E-state index contributed by atoms with van der Waals surface area (Å²) in [5, 5.41) is 5.14. The van der Waals surface area contributed by atoms with Crippen LogP contribution in [0.15, 0.2) is 55.0 Å². The zero-order valence-electron chi connectivity index (χ0n) is 15.3. The van der Waals surface area contributed by atoms with Gasteiger partial charge in [-0.15, -0.1) is 0 Å². The molecule has 0 N–H and O–H groups in total. The van der Waals surface area contributed by atoms with Crippen LogP contribution in [0.3, 0.4) is 0 Å². The Bertz CT molecular complexity index is 1160. The number of nitrogens with zero attached hydrogens (tertiary/aromatic N) is 4. The lowest BCUT2D eigenvalue weighted by molar-refractivity contribution is 0.101. The summed E-state index contributed by atoms with van der Waals surface area (Å²) in [6, 6.07) is 13.2. The third-order valence-electron chi connectivity index (χ3n) is 4.54. The van der Waals surface area contributed by atoms with Gasteiger partial charge in [-0.25, -0.2) is 14.6 Å². The van der Waals surface area contributed by atoms with Crippen LogP contribution in [0.5, 0.6) is 11.6 Å². The van der Waals surface area contributed by atoms with Gasteiger partial charge in [-0.3, -0.25) is 4.79 Å². The minimum atomic E-state index is -0.0678. The van der Waals surface area contributed by atoms with Gasteiger partial charge in [0.15, 0.2) is 11.4 Å². The molecule has 2 aromatic heterocycles. The summed E-state index contributed by atoms with van der Waals surface area (Å²) >= 11 is 0. The Morgan fingerprint density at radius 1 is 1.04 bits per heavy atom. The minimum absolute atomic E-state index is 0.0678. The second kappa shape index (κ2) is 6.64. The Hall–Kier alpha value is -3.54. The number of aromatic nitrogens is 4. The van der Waals surface area contributed by atoms with Crippen molar-refractivity contribution in [2.24, 2.45) is 0 Å². The SMILES string of the molecule is CC(=O)c1ccccc1Oc1ncnc2c1cnn2-c1ccc(C)c(C)c1. The molecule has 134 valence electrons. The largest absolute Gasteiger partial charge is 0.437 e. The van der Waals surface area contributed by atoms with Crippen LogP contribution in [0.4, 0.5) is 0 Å². The van der Waals surface area contributed by atoms with Crippen molar-refractivity contribution in [1.29, 1.82) is 0 Å². The molecule has 0 atom stereocenters. The van der Waals surface area contributed by atoms with Crippen LogP contribution < -0.4 is 4.74 Å². The van der Waals surface area contributed by atoms with E-state index < -0.39 is 0 Å². The molecule has 0 aliphatic rings. The number of hydrogen-bond acceptors (Lipinski definition) is 5. The summed E-state index contributed by atoms with van der Waals surface area (Å²) in [4.78, 5) is 20.5. The summed E-state index contributed by atoms with van der Waals surface area (Å²) in [5.41, 5.74) is 4.46. The molecule has 0 aliphatic carbocycles. The molecule has 0 spiro atoms. The van der Waals surface area contributed by atoms with Gasteiger partial charge < -0.3 is 4.74 Å². The lowest BCUT2D eigenvalue weighted by Crippen LogP contribution is -2.00. The summed E-state index contributed by atoms with van der Waals surface area (Å²) in [6.07, 6.45) is 3.11. The second-order valence-electron chi connectivity index (χ2n) is 6.40.